The SMILES string of the molecule is COc1ccc(NC(=O)OC(C)(C)C)cc1Nc1nc(Nc2ccc(N3CCN(C)CC3)c(N)c2)ncc1Cl. The van der Waals surface area contributed by atoms with E-state index in [2.05, 4.69) is 42.8 Å². The van der Waals surface area contributed by atoms with Crippen molar-refractivity contribution in [1.82, 2.24) is 14.9 Å². The summed E-state index contributed by atoms with van der Waals surface area (Å²) in [5.41, 5.74) is 9.26. The molecule has 4 rings (SSSR count). The van der Waals surface area contributed by atoms with Gasteiger partial charge in [0.2, 0.25) is 5.95 Å². The molecule has 2 aromatic carbocycles. The average molecular weight is 555 g/mol. The van der Waals surface area contributed by atoms with Crippen molar-refractivity contribution in [3.05, 3.63) is 47.6 Å². The van der Waals surface area contributed by atoms with E-state index in [1.54, 1.807) is 46.1 Å². The van der Waals surface area contributed by atoms with Crippen molar-refractivity contribution in [3.8, 4) is 5.75 Å². The lowest BCUT2D eigenvalue weighted by Crippen LogP contribution is -2.44. The highest BCUT2D eigenvalue weighted by Gasteiger charge is 2.18. The first-order valence-electron chi connectivity index (χ1n) is 12.6. The lowest BCUT2D eigenvalue weighted by Gasteiger charge is -2.34. The Labute approximate surface area is 233 Å². The van der Waals surface area contributed by atoms with Crippen LogP contribution in [0.4, 0.5) is 45.0 Å². The number of carbonyl (C=O) groups excluding carboxylic acids is 1. The summed E-state index contributed by atoms with van der Waals surface area (Å²) in [6, 6.07) is 10.9. The second kappa shape index (κ2) is 11.8. The number of ether oxygens (including phenoxy) is 2. The van der Waals surface area contributed by atoms with E-state index in [4.69, 9.17) is 26.8 Å². The Balaban J connectivity index is 1.50. The Bertz CT molecular complexity index is 1320. The third kappa shape index (κ3) is 7.55. The molecule has 3 aromatic rings. The Morgan fingerprint density at radius 1 is 1.05 bits per heavy atom. The number of likely N-dealkylation sites (N-methyl/N-ethyl adjacent to an activating group) is 1. The number of halogens is 1. The molecule has 12 heteroatoms. The van der Waals surface area contributed by atoms with Crippen LogP contribution in [-0.4, -0.2) is 66.9 Å². The van der Waals surface area contributed by atoms with Gasteiger partial charge in [-0.3, -0.25) is 5.32 Å². The number of amides is 1. The highest BCUT2D eigenvalue weighted by atomic mass is 35.5. The first kappa shape index (κ1) is 28.1. The molecule has 0 aliphatic carbocycles. The fourth-order valence-corrected chi connectivity index (χ4v) is 4.18. The van der Waals surface area contributed by atoms with Crippen LogP contribution in [0.1, 0.15) is 20.8 Å². The minimum Gasteiger partial charge on any atom is -0.495 e. The molecule has 0 saturated carbocycles. The molecular formula is C27H35ClN8O3. The smallest absolute Gasteiger partial charge is 0.412 e. The van der Waals surface area contributed by atoms with E-state index < -0.39 is 11.7 Å². The summed E-state index contributed by atoms with van der Waals surface area (Å²) in [6.07, 6.45) is 0.930. The number of nitrogens with zero attached hydrogens (tertiary/aromatic N) is 4. The number of nitrogen functional groups attached to an aromatic ring is 1. The van der Waals surface area contributed by atoms with Crippen molar-refractivity contribution in [2.24, 2.45) is 0 Å². The first-order valence-corrected chi connectivity index (χ1v) is 13.0. The van der Waals surface area contributed by atoms with Crippen LogP contribution >= 0.6 is 11.6 Å². The second-order valence-corrected chi connectivity index (χ2v) is 10.7. The summed E-state index contributed by atoms with van der Waals surface area (Å²) in [5.74, 6) is 1.21. The van der Waals surface area contributed by atoms with Gasteiger partial charge in [0.1, 0.15) is 16.4 Å². The number of piperazine rings is 1. The average Bonchev–Trinajstić information content (AvgIpc) is 2.86. The van der Waals surface area contributed by atoms with Crippen molar-refractivity contribution in [3.63, 3.8) is 0 Å². The van der Waals surface area contributed by atoms with Gasteiger partial charge >= 0.3 is 6.09 Å². The van der Waals surface area contributed by atoms with Crippen LogP contribution in [0.3, 0.4) is 0 Å². The van der Waals surface area contributed by atoms with Gasteiger partial charge in [-0.15, -0.1) is 0 Å². The molecule has 1 saturated heterocycles. The number of anilines is 7. The highest BCUT2D eigenvalue weighted by Crippen LogP contribution is 2.34. The fourth-order valence-electron chi connectivity index (χ4n) is 4.04. The number of rotatable bonds is 7. The Morgan fingerprint density at radius 2 is 1.77 bits per heavy atom. The molecular weight excluding hydrogens is 520 g/mol. The maximum atomic E-state index is 12.2. The molecule has 208 valence electrons. The van der Waals surface area contributed by atoms with E-state index in [1.807, 2.05) is 18.2 Å². The molecule has 2 heterocycles. The van der Waals surface area contributed by atoms with Crippen molar-refractivity contribution in [2.45, 2.75) is 26.4 Å². The maximum absolute atomic E-state index is 12.2. The van der Waals surface area contributed by atoms with E-state index in [1.165, 1.54) is 6.20 Å². The maximum Gasteiger partial charge on any atom is 0.412 e. The minimum atomic E-state index is -0.620. The molecule has 39 heavy (non-hydrogen) atoms. The molecule has 1 aliphatic rings. The van der Waals surface area contributed by atoms with Gasteiger partial charge in [0.25, 0.3) is 0 Å². The monoisotopic (exact) mass is 554 g/mol. The molecule has 0 unspecified atom stereocenters. The molecule has 0 radical (unpaired) electrons. The fraction of sp³-hybridized carbons (Fsp3) is 0.370. The summed E-state index contributed by atoms with van der Waals surface area (Å²) in [5, 5.41) is 9.38. The van der Waals surface area contributed by atoms with Crippen molar-refractivity contribution in [1.29, 1.82) is 0 Å². The zero-order chi connectivity index (χ0) is 28.2. The van der Waals surface area contributed by atoms with Crippen molar-refractivity contribution in [2.75, 3.05) is 66.9 Å². The van der Waals surface area contributed by atoms with Crippen molar-refractivity contribution >= 4 is 57.9 Å². The normalized spacial score (nSPS) is 14.1. The molecule has 1 aliphatic heterocycles. The van der Waals surface area contributed by atoms with Gasteiger partial charge in [-0.1, -0.05) is 11.6 Å². The summed E-state index contributed by atoms with van der Waals surface area (Å²) >= 11 is 6.41. The molecule has 11 nitrogen and oxygen atoms in total. The second-order valence-electron chi connectivity index (χ2n) is 10.2. The van der Waals surface area contributed by atoms with Gasteiger partial charge in [-0.25, -0.2) is 9.78 Å². The van der Waals surface area contributed by atoms with Gasteiger partial charge in [0.15, 0.2) is 5.82 Å². The summed E-state index contributed by atoms with van der Waals surface area (Å²) in [7, 11) is 3.67. The lowest BCUT2D eigenvalue weighted by molar-refractivity contribution is 0.0636. The van der Waals surface area contributed by atoms with E-state index in [0.29, 0.717) is 39.6 Å². The van der Waals surface area contributed by atoms with Gasteiger partial charge in [-0.05, 0) is 64.2 Å². The number of carbonyl (C=O) groups is 1. The third-order valence-electron chi connectivity index (χ3n) is 5.97. The molecule has 5 N–H and O–H groups in total. The zero-order valence-electron chi connectivity index (χ0n) is 22.8. The number of hydrogen-bond donors (Lipinski definition) is 4. The minimum absolute atomic E-state index is 0.304. The predicted molar refractivity (Wildman–Crippen MR) is 157 cm³/mol. The largest absolute Gasteiger partial charge is 0.495 e. The van der Waals surface area contributed by atoms with Gasteiger partial charge in [0.05, 0.1) is 30.4 Å². The van der Waals surface area contributed by atoms with Crippen LogP contribution < -0.4 is 31.3 Å². The van der Waals surface area contributed by atoms with E-state index in [-0.39, 0.29) is 0 Å². The van der Waals surface area contributed by atoms with Crippen molar-refractivity contribution < 1.29 is 14.3 Å². The third-order valence-corrected chi connectivity index (χ3v) is 6.25. The van der Waals surface area contributed by atoms with Crippen LogP contribution in [-0.2, 0) is 4.74 Å². The van der Waals surface area contributed by atoms with Crippen LogP contribution in [0.15, 0.2) is 42.6 Å². The molecule has 1 amide bonds. The van der Waals surface area contributed by atoms with Gasteiger partial charge < -0.3 is 35.6 Å². The number of nitrogens with one attached hydrogen (secondary N) is 3. The molecule has 1 aromatic heterocycles. The number of aromatic nitrogens is 2. The number of benzene rings is 2. The highest BCUT2D eigenvalue weighted by molar-refractivity contribution is 6.33. The van der Waals surface area contributed by atoms with E-state index in [0.717, 1.165) is 37.6 Å². The Hall–Kier alpha value is -3.96. The standard InChI is InChI=1S/C27H35ClN8O3/c1-27(2,3)39-26(37)32-18-7-9-23(38-5)21(15-18)33-24-19(28)16-30-25(34-24)31-17-6-8-22(20(29)14-17)36-12-10-35(4)11-13-36/h6-9,14-16H,10-13,29H2,1-5H3,(H,32,37)(H2,30,31,33,34). The van der Waals surface area contributed by atoms with Crippen LogP contribution in [0.5, 0.6) is 5.75 Å². The lowest BCUT2D eigenvalue weighted by atomic mass is 10.2. The first-order chi connectivity index (χ1) is 18.5. The van der Waals surface area contributed by atoms with Gasteiger partial charge in [0, 0.05) is 37.6 Å². The molecule has 1 fully saturated rings. The van der Waals surface area contributed by atoms with Crippen LogP contribution in [0.25, 0.3) is 0 Å². The number of hydrogen-bond acceptors (Lipinski definition) is 10. The quantitative estimate of drug-likeness (QED) is 0.285. The summed E-state index contributed by atoms with van der Waals surface area (Å²) in [4.78, 5) is 25.7. The number of methoxy groups -OCH3 is 1. The zero-order valence-corrected chi connectivity index (χ0v) is 23.6. The molecule has 0 bridgehead atoms. The topological polar surface area (TPSA) is 130 Å². The molecule has 0 spiro atoms. The predicted octanol–water partition coefficient (Wildman–Crippen LogP) is 5.31. The summed E-state index contributed by atoms with van der Waals surface area (Å²) in [6.45, 7) is 9.25. The molecule has 0 atom stereocenters. The van der Waals surface area contributed by atoms with E-state index in [9.17, 15) is 4.79 Å². The number of nitrogens with two attached hydrogens (primary N) is 1. The van der Waals surface area contributed by atoms with Crippen LogP contribution in [0, 0.1) is 0 Å². The Morgan fingerprint density at radius 3 is 2.44 bits per heavy atom. The van der Waals surface area contributed by atoms with Gasteiger partial charge in [-0.2, -0.15) is 4.98 Å². The van der Waals surface area contributed by atoms with Crippen LogP contribution in [0.2, 0.25) is 5.02 Å². The van der Waals surface area contributed by atoms with E-state index >= 15 is 0 Å². The Kier molecular flexibility index (Phi) is 8.51. The summed E-state index contributed by atoms with van der Waals surface area (Å²) < 4.78 is 10.8.